The van der Waals surface area contributed by atoms with Crippen molar-refractivity contribution < 1.29 is 9.13 Å². The second-order valence-corrected chi connectivity index (χ2v) is 4.77. The van der Waals surface area contributed by atoms with Crippen LogP contribution in [0.2, 0.25) is 0 Å². The summed E-state index contributed by atoms with van der Waals surface area (Å²) in [5.41, 5.74) is 0.364. The lowest BCUT2D eigenvalue weighted by Gasteiger charge is -2.13. The lowest BCUT2D eigenvalue weighted by atomic mass is 9.98. The molecule has 0 aliphatic rings. The zero-order chi connectivity index (χ0) is 15.7. The molecule has 3 rings (SSSR count). The molecule has 0 amide bonds. The SMILES string of the molecule is COc1ccc(-c2c(Nc3cccc(F)c3)c(=O)c2=O)cc1. The van der Waals surface area contributed by atoms with Crippen molar-refractivity contribution >= 4 is 11.4 Å². The van der Waals surface area contributed by atoms with Gasteiger partial charge in [0, 0.05) is 5.69 Å². The van der Waals surface area contributed by atoms with Crippen LogP contribution in [0.15, 0.2) is 58.1 Å². The van der Waals surface area contributed by atoms with Gasteiger partial charge in [0.1, 0.15) is 17.3 Å². The average Bonchev–Trinajstić information content (AvgIpc) is 2.54. The summed E-state index contributed by atoms with van der Waals surface area (Å²) in [5, 5.41) is 2.81. The molecule has 4 nitrogen and oxygen atoms in total. The first-order chi connectivity index (χ1) is 10.6. The Hall–Kier alpha value is -2.95. The fraction of sp³-hybridized carbons (Fsp3) is 0.0588. The van der Waals surface area contributed by atoms with Crippen molar-refractivity contribution in [3.63, 3.8) is 0 Å². The Balaban J connectivity index is 1.98. The van der Waals surface area contributed by atoms with Gasteiger partial charge in [-0.15, -0.1) is 0 Å². The van der Waals surface area contributed by atoms with Gasteiger partial charge in [-0.1, -0.05) is 18.2 Å². The quantitative estimate of drug-likeness (QED) is 0.752. The van der Waals surface area contributed by atoms with E-state index in [0.29, 0.717) is 22.6 Å². The standard InChI is InChI=1S/C17H12FNO3/c1-22-13-7-5-10(6-8-13)14-15(17(21)16(14)20)19-12-4-2-3-11(18)9-12/h2-9,19H,1H3. The van der Waals surface area contributed by atoms with Gasteiger partial charge in [0.2, 0.25) is 5.43 Å². The van der Waals surface area contributed by atoms with E-state index in [1.54, 1.807) is 37.4 Å². The van der Waals surface area contributed by atoms with Crippen molar-refractivity contribution in [2.45, 2.75) is 0 Å². The van der Waals surface area contributed by atoms with Crippen LogP contribution in [-0.4, -0.2) is 7.11 Å². The lowest BCUT2D eigenvalue weighted by Crippen LogP contribution is -2.35. The zero-order valence-electron chi connectivity index (χ0n) is 11.7. The summed E-state index contributed by atoms with van der Waals surface area (Å²) in [5.74, 6) is 0.233. The van der Waals surface area contributed by atoms with Crippen molar-refractivity contribution in [1.82, 2.24) is 0 Å². The van der Waals surface area contributed by atoms with Crippen molar-refractivity contribution in [3.8, 4) is 16.9 Å². The molecule has 0 saturated carbocycles. The molecule has 0 bridgehead atoms. The van der Waals surface area contributed by atoms with Gasteiger partial charge in [-0.25, -0.2) is 4.39 Å². The Kier molecular flexibility index (Phi) is 3.47. The van der Waals surface area contributed by atoms with Crippen LogP contribution in [0.5, 0.6) is 5.75 Å². The van der Waals surface area contributed by atoms with Gasteiger partial charge < -0.3 is 10.1 Å². The third-order valence-electron chi connectivity index (χ3n) is 3.38. The molecule has 22 heavy (non-hydrogen) atoms. The number of rotatable bonds is 4. The number of ether oxygens (including phenoxy) is 1. The Morgan fingerprint density at radius 1 is 1.00 bits per heavy atom. The summed E-state index contributed by atoms with van der Waals surface area (Å²) >= 11 is 0. The summed E-state index contributed by atoms with van der Waals surface area (Å²) in [4.78, 5) is 23.6. The Morgan fingerprint density at radius 2 is 1.73 bits per heavy atom. The predicted molar refractivity (Wildman–Crippen MR) is 83.0 cm³/mol. The molecule has 5 heteroatoms. The van der Waals surface area contributed by atoms with E-state index >= 15 is 0 Å². The normalized spacial score (nSPS) is 10.6. The van der Waals surface area contributed by atoms with Gasteiger partial charge >= 0.3 is 0 Å². The fourth-order valence-corrected chi connectivity index (χ4v) is 2.25. The third-order valence-corrected chi connectivity index (χ3v) is 3.38. The molecule has 0 radical (unpaired) electrons. The molecule has 1 N–H and O–H groups in total. The van der Waals surface area contributed by atoms with Crippen LogP contribution >= 0.6 is 0 Å². The van der Waals surface area contributed by atoms with E-state index in [1.165, 1.54) is 18.2 Å². The van der Waals surface area contributed by atoms with Gasteiger partial charge in [-0.2, -0.15) is 0 Å². The first-order valence-electron chi connectivity index (χ1n) is 6.60. The van der Waals surface area contributed by atoms with E-state index in [2.05, 4.69) is 5.32 Å². The van der Waals surface area contributed by atoms with Crippen LogP contribution in [0, 0.1) is 5.82 Å². The number of halogens is 1. The topological polar surface area (TPSA) is 55.4 Å². The monoisotopic (exact) mass is 297 g/mol. The average molecular weight is 297 g/mol. The summed E-state index contributed by atoms with van der Waals surface area (Å²) in [6, 6.07) is 12.5. The maximum absolute atomic E-state index is 13.2. The third kappa shape index (κ3) is 2.37. The maximum Gasteiger partial charge on any atom is 0.250 e. The molecule has 3 aromatic rings. The Morgan fingerprint density at radius 3 is 2.36 bits per heavy atom. The summed E-state index contributed by atoms with van der Waals surface area (Å²) in [6.07, 6.45) is 0. The van der Waals surface area contributed by atoms with Crippen LogP contribution in [0.4, 0.5) is 15.8 Å². The summed E-state index contributed by atoms with van der Waals surface area (Å²) in [6.45, 7) is 0. The molecule has 0 aliphatic heterocycles. The predicted octanol–water partition coefficient (Wildman–Crippen LogP) is 2.84. The molecular formula is C17H12FNO3. The molecule has 0 heterocycles. The van der Waals surface area contributed by atoms with Gasteiger partial charge in [0.15, 0.2) is 0 Å². The molecule has 0 fully saturated rings. The van der Waals surface area contributed by atoms with Crippen molar-refractivity contribution in [3.05, 3.63) is 74.8 Å². The highest BCUT2D eigenvalue weighted by molar-refractivity contribution is 5.84. The number of nitrogens with one attached hydrogen (secondary N) is 1. The van der Waals surface area contributed by atoms with Crippen LogP contribution in [0.3, 0.4) is 0 Å². The minimum absolute atomic E-state index is 0.181. The van der Waals surface area contributed by atoms with Crippen LogP contribution in [0.1, 0.15) is 0 Å². The number of hydrogen-bond acceptors (Lipinski definition) is 4. The van der Waals surface area contributed by atoms with Gasteiger partial charge in [0.25, 0.3) is 5.43 Å². The molecule has 110 valence electrons. The molecule has 0 atom stereocenters. The highest BCUT2D eigenvalue weighted by Gasteiger charge is 2.22. The highest BCUT2D eigenvalue weighted by atomic mass is 19.1. The second-order valence-electron chi connectivity index (χ2n) is 4.77. The second kappa shape index (κ2) is 5.44. The molecule has 0 saturated heterocycles. The number of methoxy groups -OCH3 is 1. The van der Waals surface area contributed by atoms with Crippen molar-refractivity contribution in [1.29, 1.82) is 0 Å². The molecule has 0 aromatic heterocycles. The largest absolute Gasteiger partial charge is 0.497 e. The van der Waals surface area contributed by atoms with Gasteiger partial charge in [-0.05, 0) is 35.9 Å². The van der Waals surface area contributed by atoms with Gasteiger partial charge in [0.05, 0.1) is 12.7 Å². The molecule has 0 unspecified atom stereocenters. The van der Waals surface area contributed by atoms with Crippen LogP contribution < -0.4 is 20.9 Å². The molecule has 0 spiro atoms. The molecule has 3 aromatic carbocycles. The minimum Gasteiger partial charge on any atom is -0.497 e. The fourth-order valence-electron chi connectivity index (χ4n) is 2.25. The van der Waals surface area contributed by atoms with E-state index in [1.807, 2.05) is 0 Å². The zero-order valence-corrected chi connectivity index (χ0v) is 11.7. The van der Waals surface area contributed by atoms with Gasteiger partial charge in [-0.3, -0.25) is 9.59 Å². The van der Waals surface area contributed by atoms with Crippen molar-refractivity contribution in [2.24, 2.45) is 0 Å². The van der Waals surface area contributed by atoms with E-state index in [4.69, 9.17) is 4.74 Å². The van der Waals surface area contributed by atoms with E-state index in [9.17, 15) is 14.0 Å². The Labute approximate surface area is 125 Å². The first-order valence-corrected chi connectivity index (χ1v) is 6.60. The first kappa shape index (κ1) is 14.0. The molecular weight excluding hydrogens is 285 g/mol. The summed E-state index contributed by atoms with van der Waals surface area (Å²) < 4.78 is 18.3. The number of benzene rings is 2. The van der Waals surface area contributed by atoms with Crippen molar-refractivity contribution in [2.75, 3.05) is 12.4 Å². The van der Waals surface area contributed by atoms with E-state index < -0.39 is 16.7 Å². The lowest BCUT2D eigenvalue weighted by molar-refractivity contribution is 0.415. The maximum atomic E-state index is 13.2. The van der Waals surface area contributed by atoms with Crippen LogP contribution in [0.25, 0.3) is 11.1 Å². The molecule has 0 aliphatic carbocycles. The van der Waals surface area contributed by atoms with E-state index in [0.717, 1.165) is 0 Å². The van der Waals surface area contributed by atoms with Crippen LogP contribution in [-0.2, 0) is 0 Å². The Bertz CT molecular complexity index is 893. The smallest absolute Gasteiger partial charge is 0.250 e. The summed E-state index contributed by atoms with van der Waals surface area (Å²) in [7, 11) is 1.54. The minimum atomic E-state index is -0.602. The number of hydrogen-bond donors (Lipinski definition) is 1. The highest BCUT2D eigenvalue weighted by Crippen LogP contribution is 2.28. The van der Waals surface area contributed by atoms with E-state index in [-0.39, 0.29) is 5.69 Å². The number of anilines is 2.